The number of hydrogen-bond acceptors (Lipinski definition) is 5. The predicted octanol–water partition coefficient (Wildman–Crippen LogP) is 2.26. The Morgan fingerprint density at radius 3 is 2.65 bits per heavy atom. The molecule has 0 saturated carbocycles. The number of anilines is 1. The Morgan fingerprint density at radius 2 is 2.05 bits per heavy atom. The van der Waals surface area contributed by atoms with Gasteiger partial charge in [-0.3, -0.25) is 4.72 Å². The SMILES string of the molecule is COc1ccccc1NS(=O)(=O)c1csc(C(=O)O)c1. The summed E-state index contributed by atoms with van der Waals surface area (Å²) in [5, 5.41) is 10.1. The molecule has 0 unspecified atom stereocenters. The molecule has 0 saturated heterocycles. The van der Waals surface area contributed by atoms with E-state index in [1.54, 1.807) is 24.3 Å². The molecule has 0 atom stereocenters. The second-order valence-corrected chi connectivity index (χ2v) is 6.35. The Kier molecular flexibility index (Phi) is 3.96. The van der Waals surface area contributed by atoms with Gasteiger partial charge in [0.2, 0.25) is 0 Å². The second-order valence-electron chi connectivity index (χ2n) is 3.76. The zero-order valence-electron chi connectivity index (χ0n) is 10.4. The van der Waals surface area contributed by atoms with Gasteiger partial charge in [-0.15, -0.1) is 11.3 Å². The summed E-state index contributed by atoms with van der Waals surface area (Å²) in [6.45, 7) is 0. The lowest BCUT2D eigenvalue weighted by Gasteiger charge is -2.10. The van der Waals surface area contributed by atoms with Crippen molar-refractivity contribution >= 4 is 33.0 Å². The quantitative estimate of drug-likeness (QED) is 0.883. The van der Waals surface area contributed by atoms with Crippen molar-refractivity contribution in [1.82, 2.24) is 0 Å². The first kappa shape index (κ1) is 14.4. The molecule has 20 heavy (non-hydrogen) atoms. The number of thiophene rings is 1. The monoisotopic (exact) mass is 313 g/mol. The highest BCUT2D eigenvalue weighted by Gasteiger charge is 2.19. The molecule has 1 heterocycles. The number of para-hydroxylation sites is 2. The Labute approximate surface area is 119 Å². The highest BCUT2D eigenvalue weighted by Crippen LogP contribution is 2.27. The molecule has 0 amide bonds. The van der Waals surface area contributed by atoms with Gasteiger partial charge in [-0.2, -0.15) is 0 Å². The zero-order valence-corrected chi connectivity index (χ0v) is 12.0. The summed E-state index contributed by atoms with van der Waals surface area (Å²) in [5.41, 5.74) is 0.290. The van der Waals surface area contributed by atoms with Gasteiger partial charge in [0.15, 0.2) is 0 Å². The maximum Gasteiger partial charge on any atom is 0.345 e. The molecular weight excluding hydrogens is 302 g/mol. The van der Waals surface area contributed by atoms with Crippen molar-refractivity contribution in [3.8, 4) is 5.75 Å². The van der Waals surface area contributed by atoms with E-state index < -0.39 is 16.0 Å². The summed E-state index contributed by atoms with van der Waals surface area (Å²) in [7, 11) is -2.41. The minimum absolute atomic E-state index is 0.0367. The molecule has 1 aromatic heterocycles. The van der Waals surface area contributed by atoms with Crippen LogP contribution in [0.1, 0.15) is 9.67 Å². The Hall–Kier alpha value is -2.06. The molecule has 0 radical (unpaired) electrons. The lowest BCUT2D eigenvalue weighted by Crippen LogP contribution is -2.12. The molecule has 2 rings (SSSR count). The first-order chi connectivity index (χ1) is 9.44. The molecule has 0 aliphatic heterocycles. The number of carboxylic acid groups (broad SMARTS) is 1. The third kappa shape index (κ3) is 2.91. The van der Waals surface area contributed by atoms with Gasteiger partial charge in [0, 0.05) is 5.38 Å². The van der Waals surface area contributed by atoms with Crippen molar-refractivity contribution in [2.75, 3.05) is 11.8 Å². The molecule has 0 spiro atoms. The van der Waals surface area contributed by atoms with E-state index in [0.29, 0.717) is 5.75 Å². The molecule has 2 N–H and O–H groups in total. The molecule has 106 valence electrons. The summed E-state index contributed by atoms with van der Waals surface area (Å²) in [5.74, 6) is -0.779. The minimum Gasteiger partial charge on any atom is -0.495 e. The maximum absolute atomic E-state index is 12.2. The molecular formula is C12H11NO5S2. The van der Waals surface area contributed by atoms with Gasteiger partial charge in [0.25, 0.3) is 10.0 Å². The number of hydrogen-bond donors (Lipinski definition) is 2. The van der Waals surface area contributed by atoms with Gasteiger partial charge in [-0.25, -0.2) is 13.2 Å². The number of aromatic carboxylic acids is 1. The van der Waals surface area contributed by atoms with Crippen molar-refractivity contribution in [3.63, 3.8) is 0 Å². The smallest absolute Gasteiger partial charge is 0.345 e. The highest BCUT2D eigenvalue weighted by molar-refractivity contribution is 7.92. The molecule has 0 fully saturated rings. The van der Waals surface area contributed by atoms with Gasteiger partial charge >= 0.3 is 5.97 Å². The van der Waals surface area contributed by atoms with E-state index in [0.717, 1.165) is 17.4 Å². The van der Waals surface area contributed by atoms with Crippen molar-refractivity contribution in [2.24, 2.45) is 0 Å². The minimum atomic E-state index is -3.84. The lowest BCUT2D eigenvalue weighted by atomic mass is 10.3. The van der Waals surface area contributed by atoms with Crippen LogP contribution in [-0.4, -0.2) is 26.6 Å². The first-order valence-electron chi connectivity index (χ1n) is 5.41. The van der Waals surface area contributed by atoms with Crippen LogP contribution in [0.25, 0.3) is 0 Å². The molecule has 6 nitrogen and oxygen atoms in total. The van der Waals surface area contributed by atoms with Gasteiger partial charge in [-0.05, 0) is 18.2 Å². The van der Waals surface area contributed by atoms with Crippen LogP contribution in [0.15, 0.2) is 40.6 Å². The van der Waals surface area contributed by atoms with Crippen molar-refractivity contribution in [3.05, 3.63) is 40.6 Å². The van der Waals surface area contributed by atoms with Crippen LogP contribution in [0.2, 0.25) is 0 Å². The van der Waals surface area contributed by atoms with Gasteiger partial charge in [0.05, 0.1) is 17.7 Å². The van der Waals surface area contributed by atoms with Crippen LogP contribution < -0.4 is 9.46 Å². The lowest BCUT2D eigenvalue weighted by molar-refractivity contribution is 0.0702. The fourth-order valence-corrected chi connectivity index (χ4v) is 3.69. The average Bonchev–Trinajstić information content (AvgIpc) is 2.89. The number of carboxylic acids is 1. The van der Waals surface area contributed by atoms with Crippen LogP contribution in [0.4, 0.5) is 5.69 Å². The fourth-order valence-electron chi connectivity index (χ4n) is 1.50. The van der Waals surface area contributed by atoms with Gasteiger partial charge < -0.3 is 9.84 Å². The third-order valence-electron chi connectivity index (χ3n) is 2.45. The number of ether oxygens (including phenoxy) is 1. The van der Waals surface area contributed by atoms with E-state index in [1.165, 1.54) is 12.5 Å². The Balaban J connectivity index is 2.33. The number of methoxy groups -OCH3 is 1. The number of nitrogens with one attached hydrogen (secondary N) is 1. The summed E-state index contributed by atoms with van der Waals surface area (Å²) in [6.07, 6.45) is 0. The standard InChI is InChI=1S/C12H11NO5S2/c1-18-10-5-3-2-4-9(10)13-20(16,17)8-6-11(12(14)15)19-7-8/h2-7,13H,1H3,(H,14,15). The average molecular weight is 313 g/mol. The number of sulfonamides is 1. The molecule has 0 aliphatic carbocycles. The summed E-state index contributed by atoms with van der Waals surface area (Å²) in [4.78, 5) is 10.6. The second kappa shape index (κ2) is 5.51. The molecule has 1 aromatic carbocycles. The van der Waals surface area contributed by atoms with E-state index in [-0.39, 0.29) is 15.5 Å². The van der Waals surface area contributed by atoms with Gasteiger partial charge in [-0.1, -0.05) is 12.1 Å². The van der Waals surface area contributed by atoms with E-state index in [2.05, 4.69) is 4.72 Å². The Bertz CT molecular complexity index is 736. The first-order valence-corrected chi connectivity index (χ1v) is 7.78. The normalized spacial score (nSPS) is 11.1. The van der Waals surface area contributed by atoms with Crippen molar-refractivity contribution in [1.29, 1.82) is 0 Å². The van der Waals surface area contributed by atoms with Crippen LogP contribution in [0.5, 0.6) is 5.75 Å². The van der Waals surface area contributed by atoms with Crippen LogP contribution >= 0.6 is 11.3 Å². The molecule has 0 bridgehead atoms. The van der Waals surface area contributed by atoms with Gasteiger partial charge in [0.1, 0.15) is 10.6 Å². The van der Waals surface area contributed by atoms with E-state index in [9.17, 15) is 13.2 Å². The number of carbonyl (C=O) groups is 1. The van der Waals surface area contributed by atoms with Crippen molar-refractivity contribution < 1.29 is 23.1 Å². The van der Waals surface area contributed by atoms with E-state index in [1.807, 2.05) is 0 Å². The maximum atomic E-state index is 12.2. The van der Waals surface area contributed by atoms with E-state index in [4.69, 9.17) is 9.84 Å². The third-order valence-corrected chi connectivity index (χ3v) is 4.86. The van der Waals surface area contributed by atoms with Crippen molar-refractivity contribution in [2.45, 2.75) is 4.90 Å². The zero-order chi connectivity index (χ0) is 14.8. The summed E-state index contributed by atoms with van der Waals surface area (Å²) >= 11 is 0.855. The summed E-state index contributed by atoms with van der Waals surface area (Å²) in [6, 6.07) is 7.67. The molecule has 0 aliphatic rings. The van der Waals surface area contributed by atoms with Crippen LogP contribution in [-0.2, 0) is 10.0 Å². The fraction of sp³-hybridized carbons (Fsp3) is 0.0833. The Morgan fingerprint density at radius 1 is 1.35 bits per heavy atom. The summed E-state index contributed by atoms with van der Waals surface area (Å²) < 4.78 is 31.7. The highest BCUT2D eigenvalue weighted by atomic mass is 32.2. The largest absolute Gasteiger partial charge is 0.495 e. The number of rotatable bonds is 5. The molecule has 8 heteroatoms. The topological polar surface area (TPSA) is 92.7 Å². The molecule has 2 aromatic rings. The number of benzene rings is 1. The van der Waals surface area contributed by atoms with Crippen LogP contribution in [0, 0.1) is 0 Å². The van der Waals surface area contributed by atoms with Crippen LogP contribution in [0.3, 0.4) is 0 Å². The predicted molar refractivity (Wildman–Crippen MR) is 75.1 cm³/mol. The van der Waals surface area contributed by atoms with E-state index >= 15 is 0 Å².